The van der Waals surface area contributed by atoms with E-state index in [0.717, 1.165) is 43.1 Å². The van der Waals surface area contributed by atoms with Crippen molar-refractivity contribution in [2.75, 3.05) is 27.4 Å². The smallest absolute Gasteiger partial charge is 0.123 e. The van der Waals surface area contributed by atoms with E-state index < -0.39 is 0 Å². The van der Waals surface area contributed by atoms with Gasteiger partial charge in [-0.25, -0.2) is 0 Å². The number of benzene rings is 1. The van der Waals surface area contributed by atoms with Crippen molar-refractivity contribution in [3.63, 3.8) is 0 Å². The minimum atomic E-state index is -0.0400. The number of ether oxygens (including phenoxy) is 3. The molecule has 1 aliphatic heterocycles. The molecule has 0 spiro atoms. The summed E-state index contributed by atoms with van der Waals surface area (Å²) < 4.78 is 16.0. The normalized spacial score (nSPS) is 20.7. The van der Waals surface area contributed by atoms with Gasteiger partial charge in [0.05, 0.1) is 14.2 Å². The summed E-state index contributed by atoms with van der Waals surface area (Å²) in [6.45, 7) is 1.67. The molecule has 1 aromatic carbocycles. The Balaban J connectivity index is 2.13. The Labute approximate surface area is 108 Å². The zero-order valence-corrected chi connectivity index (χ0v) is 11.0. The molecule has 2 N–H and O–H groups in total. The first-order valence-corrected chi connectivity index (χ1v) is 6.30. The third kappa shape index (κ3) is 2.94. The SMILES string of the molecule is COc1ccc(OC)c(C(N)CC2CCOC2)c1. The highest BCUT2D eigenvalue weighted by atomic mass is 16.5. The second-order valence-corrected chi connectivity index (χ2v) is 4.68. The first-order chi connectivity index (χ1) is 8.74. The zero-order chi connectivity index (χ0) is 13.0. The van der Waals surface area contributed by atoms with Gasteiger partial charge in [-0.2, -0.15) is 0 Å². The van der Waals surface area contributed by atoms with E-state index in [2.05, 4.69) is 0 Å². The standard InChI is InChI=1S/C14H21NO3/c1-16-11-3-4-14(17-2)12(8-11)13(15)7-10-5-6-18-9-10/h3-4,8,10,13H,5-7,9,15H2,1-2H3. The van der Waals surface area contributed by atoms with Crippen LogP contribution in [0.3, 0.4) is 0 Å². The summed E-state index contributed by atoms with van der Waals surface area (Å²) in [4.78, 5) is 0. The first kappa shape index (κ1) is 13.2. The van der Waals surface area contributed by atoms with Gasteiger partial charge in [-0.1, -0.05) is 0 Å². The summed E-state index contributed by atoms with van der Waals surface area (Å²) in [7, 11) is 3.32. The molecule has 2 unspecified atom stereocenters. The molecule has 1 saturated heterocycles. The van der Waals surface area contributed by atoms with E-state index in [0.29, 0.717) is 5.92 Å². The minimum absolute atomic E-state index is 0.0400. The van der Waals surface area contributed by atoms with Crippen LogP contribution in [0.1, 0.15) is 24.4 Å². The van der Waals surface area contributed by atoms with Crippen LogP contribution < -0.4 is 15.2 Å². The maximum atomic E-state index is 6.28. The third-order valence-corrected chi connectivity index (χ3v) is 3.45. The van der Waals surface area contributed by atoms with E-state index in [-0.39, 0.29) is 6.04 Å². The molecule has 0 radical (unpaired) electrons. The minimum Gasteiger partial charge on any atom is -0.497 e. The summed E-state index contributed by atoms with van der Waals surface area (Å²) >= 11 is 0. The number of rotatable bonds is 5. The van der Waals surface area contributed by atoms with Crippen molar-refractivity contribution in [1.29, 1.82) is 0 Å². The highest BCUT2D eigenvalue weighted by molar-refractivity contribution is 5.42. The summed E-state index contributed by atoms with van der Waals surface area (Å²) in [6.07, 6.45) is 2.02. The molecular formula is C14H21NO3. The average molecular weight is 251 g/mol. The van der Waals surface area contributed by atoms with Crippen LogP contribution in [0.5, 0.6) is 11.5 Å². The van der Waals surface area contributed by atoms with E-state index in [1.807, 2.05) is 18.2 Å². The Bertz CT molecular complexity index is 389. The number of nitrogens with two attached hydrogens (primary N) is 1. The third-order valence-electron chi connectivity index (χ3n) is 3.45. The Kier molecular flexibility index (Phi) is 4.44. The lowest BCUT2D eigenvalue weighted by Crippen LogP contribution is -2.16. The lowest BCUT2D eigenvalue weighted by Gasteiger charge is -2.19. The van der Waals surface area contributed by atoms with Gasteiger partial charge in [-0.3, -0.25) is 0 Å². The second-order valence-electron chi connectivity index (χ2n) is 4.68. The molecule has 4 heteroatoms. The molecule has 2 atom stereocenters. The topological polar surface area (TPSA) is 53.7 Å². The summed E-state index contributed by atoms with van der Waals surface area (Å²) in [5.41, 5.74) is 7.29. The summed E-state index contributed by atoms with van der Waals surface area (Å²) in [6, 6.07) is 5.70. The summed E-state index contributed by atoms with van der Waals surface area (Å²) in [5.74, 6) is 2.18. The van der Waals surface area contributed by atoms with E-state index >= 15 is 0 Å². The average Bonchev–Trinajstić information content (AvgIpc) is 2.90. The molecule has 4 nitrogen and oxygen atoms in total. The maximum absolute atomic E-state index is 6.28. The van der Waals surface area contributed by atoms with Crippen molar-refractivity contribution in [2.24, 2.45) is 11.7 Å². The Morgan fingerprint density at radius 3 is 2.83 bits per heavy atom. The zero-order valence-electron chi connectivity index (χ0n) is 11.0. The monoisotopic (exact) mass is 251 g/mol. The van der Waals surface area contributed by atoms with Crippen LogP contribution in [0.15, 0.2) is 18.2 Å². The molecule has 1 aromatic rings. The molecule has 18 heavy (non-hydrogen) atoms. The molecule has 0 amide bonds. The Hall–Kier alpha value is -1.26. The summed E-state index contributed by atoms with van der Waals surface area (Å²) in [5, 5.41) is 0. The van der Waals surface area contributed by atoms with Gasteiger partial charge in [0, 0.05) is 24.8 Å². The van der Waals surface area contributed by atoms with Crippen LogP contribution in [0, 0.1) is 5.92 Å². The van der Waals surface area contributed by atoms with Crippen molar-refractivity contribution in [1.82, 2.24) is 0 Å². The van der Waals surface area contributed by atoms with Crippen LogP contribution >= 0.6 is 0 Å². The van der Waals surface area contributed by atoms with Crippen LogP contribution in [0.25, 0.3) is 0 Å². The lowest BCUT2D eigenvalue weighted by atomic mass is 9.94. The van der Waals surface area contributed by atoms with Crippen LogP contribution in [-0.4, -0.2) is 27.4 Å². The fourth-order valence-corrected chi connectivity index (χ4v) is 2.38. The first-order valence-electron chi connectivity index (χ1n) is 6.30. The molecule has 0 aromatic heterocycles. The van der Waals surface area contributed by atoms with Crippen LogP contribution in [0.2, 0.25) is 0 Å². The van der Waals surface area contributed by atoms with Crippen molar-refractivity contribution in [2.45, 2.75) is 18.9 Å². The molecule has 0 saturated carbocycles. The highest BCUT2D eigenvalue weighted by Gasteiger charge is 2.21. The van der Waals surface area contributed by atoms with Gasteiger partial charge in [0.15, 0.2) is 0 Å². The van der Waals surface area contributed by atoms with Gasteiger partial charge in [0.25, 0.3) is 0 Å². The molecule has 1 fully saturated rings. The highest BCUT2D eigenvalue weighted by Crippen LogP contribution is 2.32. The van der Waals surface area contributed by atoms with E-state index in [1.54, 1.807) is 14.2 Å². The van der Waals surface area contributed by atoms with Gasteiger partial charge in [-0.05, 0) is 37.0 Å². The quantitative estimate of drug-likeness (QED) is 0.871. The number of hydrogen-bond donors (Lipinski definition) is 1. The second kappa shape index (κ2) is 6.07. The molecule has 2 rings (SSSR count). The number of hydrogen-bond acceptors (Lipinski definition) is 4. The lowest BCUT2D eigenvalue weighted by molar-refractivity contribution is 0.182. The molecular weight excluding hydrogens is 230 g/mol. The maximum Gasteiger partial charge on any atom is 0.123 e. The van der Waals surface area contributed by atoms with Crippen LogP contribution in [0.4, 0.5) is 0 Å². The van der Waals surface area contributed by atoms with Crippen molar-refractivity contribution >= 4 is 0 Å². The number of methoxy groups -OCH3 is 2. The Morgan fingerprint density at radius 1 is 1.39 bits per heavy atom. The van der Waals surface area contributed by atoms with Gasteiger partial charge >= 0.3 is 0 Å². The van der Waals surface area contributed by atoms with Crippen LogP contribution in [-0.2, 0) is 4.74 Å². The van der Waals surface area contributed by atoms with Crippen molar-refractivity contribution < 1.29 is 14.2 Å². The molecule has 1 heterocycles. The molecule has 0 bridgehead atoms. The van der Waals surface area contributed by atoms with Gasteiger partial charge in [0.1, 0.15) is 11.5 Å². The van der Waals surface area contributed by atoms with Crippen molar-refractivity contribution in [3.8, 4) is 11.5 Å². The molecule has 0 aliphatic carbocycles. The van der Waals surface area contributed by atoms with Crippen molar-refractivity contribution in [3.05, 3.63) is 23.8 Å². The fraction of sp³-hybridized carbons (Fsp3) is 0.571. The van der Waals surface area contributed by atoms with E-state index in [9.17, 15) is 0 Å². The Morgan fingerprint density at radius 2 is 2.22 bits per heavy atom. The largest absolute Gasteiger partial charge is 0.497 e. The fourth-order valence-electron chi connectivity index (χ4n) is 2.38. The van der Waals surface area contributed by atoms with Gasteiger partial charge in [-0.15, -0.1) is 0 Å². The molecule has 100 valence electrons. The van der Waals surface area contributed by atoms with E-state index in [4.69, 9.17) is 19.9 Å². The van der Waals surface area contributed by atoms with E-state index in [1.165, 1.54) is 0 Å². The van der Waals surface area contributed by atoms with Gasteiger partial charge < -0.3 is 19.9 Å². The molecule has 1 aliphatic rings. The predicted molar refractivity (Wildman–Crippen MR) is 70.0 cm³/mol. The van der Waals surface area contributed by atoms with Gasteiger partial charge in [0.2, 0.25) is 0 Å². The predicted octanol–water partition coefficient (Wildman–Crippen LogP) is 2.13.